The van der Waals surface area contributed by atoms with Crippen molar-refractivity contribution in [3.63, 3.8) is 0 Å². The number of thiazole rings is 1. The minimum atomic E-state index is -0.627. The van der Waals surface area contributed by atoms with Crippen LogP contribution < -0.4 is 19.6 Å². The van der Waals surface area contributed by atoms with Gasteiger partial charge in [0.15, 0.2) is 16.3 Å². The lowest BCUT2D eigenvalue weighted by molar-refractivity contribution is -0.139. The molecule has 1 N–H and O–H groups in total. The maximum absolute atomic E-state index is 13.5. The fourth-order valence-electron chi connectivity index (χ4n) is 3.51. The molecule has 1 aromatic carbocycles. The summed E-state index contributed by atoms with van der Waals surface area (Å²) in [5.41, 5.74) is 0.983. The van der Waals surface area contributed by atoms with Gasteiger partial charge in [-0.25, -0.2) is 9.79 Å². The first kappa shape index (κ1) is 22.5. The predicted molar refractivity (Wildman–Crippen MR) is 127 cm³/mol. The standard InChI is InChI=1S/C22H19BrN2O5S2/c1-4-30-21(28)17-11(2)24-22-25(18(17)15-6-5-7-31-15)20(27)16(32-22)9-12-8-13(23)10-14(29-3)19(12)26/h5-10,18,26H,4H2,1-3H3/b16-9-. The average Bonchev–Trinajstić information content (AvgIpc) is 3.38. The Morgan fingerprint density at radius 2 is 2.19 bits per heavy atom. The highest BCUT2D eigenvalue weighted by molar-refractivity contribution is 9.10. The van der Waals surface area contributed by atoms with Crippen LogP contribution in [0.25, 0.3) is 6.08 Å². The van der Waals surface area contributed by atoms with Crippen LogP contribution >= 0.6 is 38.6 Å². The van der Waals surface area contributed by atoms with Crippen LogP contribution in [0.2, 0.25) is 0 Å². The lowest BCUT2D eigenvalue weighted by Crippen LogP contribution is -2.39. The number of methoxy groups -OCH3 is 1. The van der Waals surface area contributed by atoms with Crippen molar-refractivity contribution in [2.75, 3.05) is 13.7 Å². The summed E-state index contributed by atoms with van der Waals surface area (Å²) >= 11 is 6.04. The Labute approximate surface area is 199 Å². The average molecular weight is 535 g/mol. The fourth-order valence-corrected chi connectivity index (χ4v) is 5.82. The molecule has 0 aliphatic carbocycles. The third-order valence-corrected chi connectivity index (χ3v) is 7.27. The van der Waals surface area contributed by atoms with Gasteiger partial charge in [-0.2, -0.15) is 0 Å². The first-order valence-electron chi connectivity index (χ1n) is 9.65. The van der Waals surface area contributed by atoms with Crippen LogP contribution in [0.3, 0.4) is 0 Å². The molecule has 1 unspecified atom stereocenters. The molecule has 0 spiro atoms. The number of thiophene rings is 1. The normalized spacial score (nSPS) is 16.0. The van der Waals surface area contributed by atoms with Gasteiger partial charge >= 0.3 is 5.97 Å². The van der Waals surface area contributed by atoms with E-state index in [0.29, 0.717) is 30.6 Å². The van der Waals surface area contributed by atoms with Gasteiger partial charge in [-0.05, 0) is 43.5 Å². The summed E-state index contributed by atoms with van der Waals surface area (Å²) in [6.07, 6.45) is 1.60. The van der Waals surface area contributed by atoms with Crippen molar-refractivity contribution in [3.8, 4) is 11.5 Å². The second-order valence-corrected chi connectivity index (χ2v) is 9.77. The van der Waals surface area contributed by atoms with Gasteiger partial charge in [0.1, 0.15) is 6.04 Å². The molecule has 1 atom stereocenters. The molecular weight excluding hydrogens is 516 g/mol. The van der Waals surface area contributed by atoms with Crippen molar-refractivity contribution in [2.24, 2.45) is 4.99 Å². The van der Waals surface area contributed by atoms with E-state index in [1.165, 1.54) is 34.4 Å². The highest BCUT2D eigenvalue weighted by atomic mass is 79.9. The van der Waals surface area contributed by atoms with Gasteiger partial charge in [0.05, 0.1) is 29.5 Å². The van der Waals surface area contributed by atoms with E-state index in [1.807, 2.05) is 17.5 Å². The van der Waals surface area contributed by atoms with E-state index in [1.54, 1.807) is 32.1 Å². The van der Waals surface area contributed by atoms with E-state index >= 15 is 0 Å². The summed E-state index contributed by atoms with van der Waals surface area (Å²) < 4.78 is 13.1. The predicted octanol–water partition coefficient (Wildman–Crippen LogP) is 3.34. The highest BCUT2D eigenvalue weighted by Gasteiger charge is 2.33. The topological polar surface area (TPSA) is 90.1 Å². The van der Waals surface area contributed by atoms with Crippen molar-refractivity contribution < 1.29 is 19.4 Å². The zero-order valence-corrected chi connectivity index (χ0v) is 20.6. The van der Waals surface area contributed by atoms with Gasteiger partial charge in [-0.3, -0.25) is 9.36 Å². The molecule has 0 fully saturated rings. The zero-order valence-electron chi connectivity index (χ0n) is 17.4. The maximum atomic E-state index is 13.5. The number of esters is 1. The van der Waals surface area contributed by atoms with Gasteiger partial charge < -0.3 is 14.6 Å². The third kappa shape index (κ3) is 3.94. The molecule has 2 aromatic heterocycles. The molecule has 0 saturated heterocycles. The largest absolute Gasteiger partial charge is 0.504 e. The Hall–Kier alpha value is -2.69. The number of ether oxygens (including phenoxy) is 2. The van der Waals surface area contributed by atoms with Crippen molar-refractivity contribution in [2.45, 2.75) is 19.9 Å². The molecule has 3 heterocycles. The van der Waals surface area contributed by atoms with Crippen LogP contribution in [-0.4, -0.2) is 29.4 Å². The van der Waals surface area contributed by atoms with Crippen molar-refractivity contribution in [3.05, 3.63) is 75.5 Å². The Morgan fingerprint density at radius 1 is 1.41 bits per heavy atom. The second-order valence-electron chi connectivity index (χ2n) is 6.86. The minimum Gasteiger partial charge on any atom is -0.504 e. The quantitative estimate of drug-likeness (QED) is 0.507. The number of phenols is 1. The number of fused-ring (bicyclic) bond motifs is 1. The number of carbonyl (C=O) groups excluding carboxylic acids is 1. The number of hydrogen-bond donors (Lipinski definition) is 1. The molecule has 32 heavy (non-hydrogen) atoms. The molecule has 10 heteroatoms. The first-order valence-corrected chi connectivity index (χ1v) is 12.1. The molecule has 1 aliphatic rings. The molecule has 7 nitrogen and oxygen atoms in total. The summed E-state index contributed by atoms with van der Waals surface area (Å²) in [5, 5.41) is 12.4. The Balaban J connectivity index is 1.96. The Bertz CT molecular complexity index is 1400. The summed E-state index contributed by atoms with van der Waals surface area (Å²) in [4.78, 5) is 32.1. The molecule has 0 amide bonds. The summed E-state index contributed by atoms with van der Waals surface area (Å²) in [6.45, 7) is 3.71. The SMILES string of the molecule is CCOC(=O)C1=C(C)N=c2s/c(=C\c3cc(Br)cc(OC)c3O)c(=O)n2C1c1cccs1. The molecule has 4 rings (SSSR count). The molecular formula is C22H19BrN2O5S2. The number of nitrogens with zero attached hydrogens (tertiary/aromatic N) is 2. The smallest absolute Gasteiger partial charge is 0.338 e. The summed E-state index contributed by atoms with van der Waals surface area (Å²) in [6, 6.07) is 6.47. The molecule has 0 radical (unpaired) electrons. The zero-order chi connectivity index (χ0) is 23.0. The number of halogens is 1. The number of aromatic hydroxyl groups is 1. The molecule has 1 aliphatic heterocycles. The van der Waals surface area contributed by atoms with Crippen molar-refractivity contribution >= 4 is 50.6 Å². The Morgan fingerprint density at radius 3 is 2.84 bits per heavy atom. The maximum Gasteiger partial charge on any atom is 0.338 e. The van der Waals surface area contributed by atoms with Gasteiger partial charge in [0, 0.05) is 14.9 Å². The number of aromatic nitrogens is 1. The number of allylic oxidation sites excluding steroid dienone is 1. The van der Waals surface area contributed by atoms with Crippen molar-refractivity contribution in [1.82, 2.24) is 4.57 Å². The lowest BCUT2D eigenvalue weighted by atomic mass is 10.0. The van der Waals surface area contributed by atoms with Crippen molar-refractivity contribution in [1.29, 1.82) is 0 Å². The lowest BCUT2D eigenvalue weighted by Gasteiger charge is -2.23. The van der Waals surface area contributed by atoms with E-state index in [-0.39, 0.29) is 23.7 Å². The van der Waals surface area contributed by atoms with Crippen LogP contribution in [-0.2, 0) is 9.53 Å². The second kappa shape index (κ2) is 9.05. The molecule has 0 saturated carbocycles. The number of hydrogen-bond acceptors (Lipinski definition) is 8. The van der Waals surface area contributed by atoms with E-state index < -0.39 is 12.0 Å². The monoisotopic (exact) mass is 534 g/mol. The van der Waals surface area contributed by atoms with Crippen LogP contribution in [0, 0.1) is 0 Å². The number of benzene rings is 1. The highest BCUT2D eigenvalue weighted by Crippen LogP contribution is 2.35. The molecule has 166 valence electrons. The number of rotatable bonds is 5. The first-order chi connectivity index (χ1) is 15.3. The van der Waals surface area contributed by atoms with Gasteiger partial charge in [0.25, 0.3) is 5.56 Å². The van der Waals surface area contributed by atoms with Gasteiger partial charge in [-0.1, -0.05) is 33.3 Å². The third-order valence-electron chi connectivity index (χ3n) is 4.91. The molecule has 0 bridgehead atoms. The summed E-state index contributed by atoms with van der Waals surface area (Å²) in [5.74, 6) is -0.272. The van der Waals surface area contributed by atoms with Crippen LogP contribution in [0.4, 0.5) is 0 Å². The summed E-state index contributed by atoms with van der Waals surface area (Å²) in [7, 11) is 1.46. The van der Waals surface area contributed by atoms with Crippen LogP contribution in [0.15, 0.2) is 55.2 Å². The number of phenolic OH excluding ortho intramolecular Hbond substituents is 1. The molecule has 3 aromatic rings. The van der Waals surface area contributed by atoms with E-state index in [0.717, 1.165) is 4.88 Å². The van der Waals surface area contributed by atoms with Gasteiger partial charge in [-0.15, -0.1) is 11.3 Å². The number of carbonyl (C=O) groups is 1. The van der Waals surface area contributed by atoms with Crippen LogP contribution in [0.5, 0.6) is 11.5 Å². The van der Waals surface area contributed by atoms with Crippen LogP contribution in [0.1, 0.15) is 30.3 Å². The van der Waals surface area contributed by atoms with Gasteiger partial charge in [0.2, 0.25) is 0 Å². The van der Waals surface area contributed by atoms with E-state index in [9.17, 15) is 14.7 Å². The minimum absolute atomic E-state index is 0.0697. The fraction of sp³-hybridized carbons (Fsp3) is 0.227. The Kier molecular flexibility index (Phi) is 6.36. The van der Waals surface area contributed by atoms with E-state index in [4.69, 9.17) is 9.47 Å². The van der Waals surface area contributed by atoms with E-state index in [2.05, 4.69) is 20.9 Å².